The van der Waals surface area contributed by atoms with Crippen molar-refractivity contribution in [3.8, 4) is 0 Å². The van der Waals surface area contributed by atoms with Crippen LogP contribution >= 0.6 is 0 Å². The topological polar surface area (TPSA) is 53.5 Å². The zero-order chi connectivity index (χ0) is 15.5. The molecule has 1 aromatic heterocycles. The molecule has 1 atom stereocenters. The number of benzene rings is 1. The molecule has 2 heterocycles. The number of carbonyl (C=O) groups is 2. The molecule has 0 bridgehead atoms. The van der Waals surface area contributed by atoms with Gasteiger partial charge in [0.2, 0.25) is 0 Å². The fourth-order valence-electron chi connectivity index (χ4n) is 2.64. The molecule has 1 aromatic carbocycles. The van der Waals surface area contributed by atoms with Gasteiger partial charge in [0, 0.05) is 24.6 Å². The molecule has 0 radical (unpaired) electrons. The molecule has 3 rings (SSSR count). The SMILES string of the molecule is CC1C(=O)N(CCc2ccncc2)C(=O)N1c1ccccc1. The van der Waals surface area contributed by atoms with Gasteiger partial charge in [-0.05, 0) is 43.2 Å². The lowest BCUT2D eigenvalue weighted by molar-refractivity contribution is -0.126. The molecule has 1 saturated heterocycles. The number of carbonyl (C=O) groups excluding carboxylic acids is 2. The van der Waals surface area contributed by atoms with Gasteiger partial charge in [0.15, 0.2) is 0 Å². The van der Waals surface area contributed by atoms with Crippen LogP contribution in [0.1, 0.15) is 12.5 Å². The minimum absolute atomic E-state index is 0.150. The Kier molecular flexibility index (Phi) is 3.87. The summed E-state index contributed by atoms with van der Waals surface area (Å²) >= 11 is 0. The Morgan fingerprint density at radius 3 is 2.41 bits per heavy atom. The minimum Gasteiger partial charge on any atom is -0.282 e. The van der Waals surface area contributed by atoms with Crippen LogP contribution in [-0.4, -0.2) is 34.4 Å². The lowest BCUT2D eigenvalue weighted by Crippen LogP contribution is -2.34. The second kappa shape index (κ2) is 5.97. The molecule has 2 aromatic rings. The molecule has 112 valence electrons. The summed E-state index contributed by atoms with van der Waals surface area (Å²) in [7, 11) is 0. The predicted molar refractivity (Wildman–Crippen MR) is 83.4 cm³/mol. The van der Waals surface area contributed by atoms with E-state index in [2.05, 4.69) is 4.98 Å². The average molecular weight is 295 g/mol. The molecule has 1 aliphatic heterocycles. The smallest absolute Gasteiger partial charge is 0.282 e. The van der Waals surface area contributed by atoms with Gasteiger partial charge in [0.05, 0.1) is 0 Å². The van der Waals surface area contributed by atoms with Crippen molar-refractivity contribution >= 4 is 17.6 Å². The Bertz CT molecular complexity index is 673. The van der Waals surface area contributed by atoms with E-state index in [1.807, 2.05) is 42.5 Å². The van der Waals surface area contributed by atoms with Gasteiger partial charge in [-0.3, -0.25) is 19.6 Å². The zero-order valence-electron chi connectivity index (χ0n) is 12.3. The van der Waals surface area contributed by atoms with Crippen molar-refractivity contribution in [1.29, 1.82) is 0 Å². The maximum absolute atomic E-state index is 12.6. The number of urea groups is 1. The fourth-order valence-corrected chi connectivity index (χ4v) is 2.64. The van der Waals surface area contributed by atoms with E-state index in [-0.39, 0.29) is 11.9 Å². The molecule has 3 amide bonds. The highest BCUT2D eigenvalue weighted by atomic mass is 16.2. The Morgan fingerprint density at radius 1 is 1.05 bits per heavy atom. The summed E-state index contributed by atoms with van der Waals surface area (Å²) in [5, 5.41) is 0. The van der Waals surface area contributed by atoms with Crippen molar-refractivity contribution < 1.29 is 9.59 Å². The highest BCUT2D eigenvalue weighted by Gasteiger charge is 2.42. The molecule has 1 unspecified atom stereocenters. The Hall–Kier alpha value is -2.69. The summed E-state index contributed by atoms with van der Waals surface area (Å²) in [4.78, 5) is 31.8. The van der Waals surface area contributed by atoms with Gasteiger partial charge in [-0.2, -0.15) is 0 Å². The van der Waals surface area contributed by atoms with E-state index in [0.717, 1.165) is 11.3 Å². The number of amides is 3. The predicted octanol–water partition coefficient (Wildman–Crippen LogP) is 2.48. The monoisotopic (exact) mass is 295 g/mol. The minimum atomic E-state index is -0.465. The molecule has 22 heavy (non-hydrogen) atoms. The molecule has 0 saturated carbocycles. The maximum Gasteiger partial charge on any atom is 0.331 e. The van der Waals surface area contributed by atoms with E-state index >= 15 is 0 Å². The maximum atomic E-state index is 12.6. The van der Waals surface area contributed by atoms with Gasteiger partial charge in [0.1, 0.15) is 6.04 Å². The van der Waals surface area contributed by atoms with E-state index in [9.17, 15) is 9.59 Å². The average Bonchev–Trinajstić information content (AvgIpc) is 2.77. The van der Waals surface area contributed by atoms with Crippen LogP contribution in [0.25, 0.3) is 0 Å². The Morgan fingerprint density at radius 2 is 1.73 bits per heavy atom. The molecular formula is C17H17N3O2. The first-order chi connectivity index (χ1) is 10.7. The molecular weight excluding hydrogens is 278 g/mol. The van der Waals surface area contributed by atoms with Crippen LogP contribution < -0.4 is 4.90 Å². The quantitative estimate of drug-likeness (QED) is 0.814. The standard InChI is InChI=1S/C17H17N3O2/c1-13-16(21)19(12-9-14-7-10-18-11-8-14)17(22)20(13)15-5-3-2-4-6-15/h2-8,10-11,13H,9,12H2,1H3. The number of aromatic nitrogens is 1. The van der Waals surface area contributed by atoms with Crippen molar-refractivity contribution in [3.63, 3.8) is 0 Å². The summed E-state index contributed by atoms with van der Waals surface area (Å²) in [6, 6.07) is 12.4. The number of hydrogen-bond donors (Lipinski definition) is 0. The summed E-state index contributed by atoms with van der Waals surface area (Å²) in [5.74, 6) is -0.150. The van der Waals surface area contributed by atoms with E-state index in [0.29, 0.717) is 13.0 Å². The number of para-hydroxylation sites is 1. The number of nitrogens with zero attached hydrogens (tertiary/aromatic N) is 3. The highest BCUT2D eigenvalue weighted by molar-refractivity contribution is 6.14. The van der Waals surface area contributed by atoms with E-state index in [1.54, 1.807) is 24.2 Å². The highest BCUT2D eigenvalue weighted by Crippen LogP contribution is 2.25. The summed E-state index contributed by atoms with van der Waals surface area (Å²) in [6.45, 7) is 2.15. The van der Waals surface area contributed by atoms with Crippen LogP contribution in [-0.2, 0) is 11.2 Å². The van der Waals surface area contributed by atoms with Crippen LogP contribution in [0.15, 0.2) is 54.9 Å². The van der Waals surface area contributed by atoms with Gasteiger partial charge < -0.3 is 0 Å². The van der Waals surface area contributed by atoms with E-state index in [4.69, 9.17) is 0 Å². The van der Waals surface area contributed by atoms with Crippen molar-refractivity contribution in [1.82, 2.24) is 9.88 Å². The third kappa shape index (κ3) is 2.57. The molecule has 5 nitrogen and oxygen atoms in total. The van der Waals surface area contributed by atoms with Crippen molar-refractivity contribution in [2.24, 2.45) is 0 Å². The van der Waals surface area contributed by atoms with E-state index in [1.165, 1.54) is 4.90 Å². The molecule has 5 heteroatoms. The van der Waals surface area contributed by atoms with Gasteiger partial charge in [-0.1, -0.05) is 18.2 Å². The molecule has 0 aliphatic carbocycles. The normalized spacial score (nSPS) is 18.1. The van der Waals surface area contributed by atoms with Gasteiger partial charge in [0.25, 0.3) is 5.91 Å². The summed E-state index contributed by atoms with van der Waals surface area (Å²) in [5.41, 5.74) is 1.81. The van der Waals surface area contributed by atoms with Crippen LogP contribution in [0, 0.1) is 0 Å². The number of pyridine rings is 1. The van der Waals surface area contributed by atoms with Gasteiger partial charge in [-0.25, -0.2) is 4.79 Å². The summed E-state index contributed by atoms with van der Waals surface area (Å²) in [6.07, 6.45) is 4.05. The van der Waals surface area contributed by atoms with Gasteiger partial charge in [-0.15, -0.1) is 0 Å². The first kappa shape index (κ1) is 14.3. The molecule has 1 fully saturated rings. The zero-order valence-corrected chi connectivity index (χ0v) is 12.3. The van der Waals surface area contributed by atoms with Gasteiger partial charge >= 0.3 is 6.03 Å². The number of anilines is 1. The molecule has 0 N–H and O–H groups in total. The van der Waals surface area contributed by atoms with Crippen LogP contribution in [0.3, 0.4) is 0 Å². The van der Waals surface area contributed by atoms with Crippen molar-refractivity contribution in [3.05, 3.63) is 60.4 Å². The largest absolute Gasteiger partial charge is 0.331 e. The van der Waals surface area contributed by atoms with Crippen LogP contribution in [0.5, 0.6) is 0 Å². The Labute approximate surface area is 129 Å². The van der Waals surface area contributed by atoms with Crippen LogP contribution in [0.4, 0.5) is 10.5 Å². The van der Waals surface area contributed by atoms with Crippen molar-refractivity contribution in [2.75, 3.05) is 11.4 Å². The third-order valence-electron chi connectivity index (χ3n) is 3.86. The first-order valence-electron chi connectivity index (χ1n) is 7.27. The molecule has 1 aliphatic rings. The van der Waals surface area contributed by atoms with E-state index < -0.39 is 6.04 Å². The summed E-state index contributed by atoms with van der Waals surface area (Å²) < 4.78 is 0. The first-order valence-corrected chi connectivity index (χ1v) is 7.27. The number of rotatable bonds is 4. The third-order valence-corrected chi connectivity index (χ3v) is 3.86. The molecule has 0 spiro atoms. The lowest BCUT2D eigenvalue weighted by Gasteiger charge is -2.19. The number of hydrogen-bond acceptors (Lipinski definition) is 3. The second-order valence-corrected chi connectivity index (χ2v) is 5.26. The second-order valence-electron chi connectivity index (χ2n) is 5.26. The fraction of sp³-hybridized carbons (Fsp3) is 0.235. The van der Waals surface area contributed by atoms with Crippen LogP contribution in [0.2, 0.25) is 0 Å². The lowest BCUT2D eigenvalue weighted by atomic mass is 10.2. The number of imide groups is 1. The van der Waals surface area contributed by atoms with Crippen molar-refractivity contribution in [2.45, 2.75) is 19.4 Å². The Balaban J connectivity index is 1.76.